The fraction of sp³-hybridized carbons (Fsp3) is 0.938. The van der Waals surface area contributed by atoms with Gasteiger partial charge in [-0.25, -0.2) is 0 Å². The number of hydrogen-bond donors (Lipinski definition) is 1. The van der Waals surface area contributed by atoms with Crippen molar-refractivity contribution in [3.8, 4) is 0 Å². The number of Topliss-reactive ketones (excluding diaryl/α,β-unsaturated/α-hetero) is 1. The molecule has 0 bridgehead atoms. The van der Waals surface area contributed by atoms with Gasteiger partial charge in [-0.3, -0.25) is 4.79 Å². The van der Waals surface area contributed by atoms with Crippen LogP contribution in [0.15, 0.2) is 0 Å². The smallest absolute Gasteiger partial charge is 0.133 e. The lowest BCUT2D eigenvalue weighted by molar-refractivity contribution is -0.120. The van der Waals surface area contributed by atoms with E-state index in [-0.39, 0.29) is 0 Å². The van der Waals surface area contributed by atoms with Gasteiger partial charge >= 0.3 is 0 Å². The minimum Gasteiger partial charge on any atom is -0.311 e. The average Bonchev–Trinajstić information content (AvgIpc) is 2.40. The van der Waals surface area contributed by atoms with Crippen molar-refractivity contribution < 1.29 is 4.79 Å². The largest absolute Gasteiger partial charge is 0.311 e. The fourth-order valence-electron chi connectivity index (χ4n) is 3.42. The molecular weight excluding hydrogens is 222 g/mol. The van der Waals surface area contributed by atoms with Crippen LogP contribution in [0, 0.1) is 0 Å². The van der Waals surface area contributed by atoms with Crippen molar-refractivity contribution in [2.75, 3.05) is 0 Å². The van der Waals surface area contributed by atoms with Gasteiger partial charge in [0.1, 0.15) is 5.78 Å². The molecule has 0 radical (unpaired) electrons. The van der Waals surface area contributed by atoms with Crippen molar-refractivity contribution in [2.24, 2.45) is 0 Å². The number of hydrogen-bond acceptors (Lipinski definition) is 2. The van der Waals surface area contributed by atoms with Gasteiger partial charge in [0.25, 0.3) is 0 Å². The molecule has 0 atom stereocenters. The summed E-state index contributed by atoms with van der Waals surface area (Å²) in [4.78, 5) is 11.3. The Hall–Kier alpha value is -0.370. The van der Waals surface area contributed by atoms with Crippen LogP contribution in [0.1, 0.15) is 83.5 Å². The van der Waals surface area contributed by atoms with Gasteiger partial charge in [-0.1, -0.05) is 44.9 Å². The molecule has 0 aromatic heterocycles. The molecule has 0 aromatic rings. The molecule has 2 aliphatic rings. The third kappa shape index (κ3) is 5.09. The second-order valence-electron chi connectivity index (χ2n) is 6.23. The van der Waals surface area contributed by atoms with Crippen molar-refractivity contribution in [3.63, 3.8) is 0 Å². The predicted octanol–water partition coefficient (Wildman–Crippen LogP) is 3.98. The molecule has 2 nitrogen and oxygen atoms in total. The zero-order valence-electron chi connectivity index (χ0n) is 11.8. The molecule has 104 valence electrons. The minimum absolute atomic E-state index is 0.471. The van der Waals surface area contributed by atoms with Gasteiger partial charge in [-0.2, -0.15) is 0 Å². The molecular formula is C16H29NO. The highest BCUT2D eigenvalue weighted by molar-refractivity contribution is 5.79. The van der Waals surface area contributed by atoms with Crippen LogP contribution in [0.5, 0.6) is 0 Å². The molecule has 2 heteroatoms. The molecule has 0 amide bonds. The van der Waals surface area contributed by atoms with Crippen LogP contribution in [-0.4, -0.2) is 17.9 Å². The highest BCUT2D eigenvalue weighted by Crippen LogP contribution is 2.20. The van der Waals surface area contributed by atoms with Crippen molar-refractivity contribution in [1.29, 1.82) is 0 Å². The lowest BCUT2D eigenvalue weighted by atomic mass is 9.91. The summed E-state index contributed by atoms with van der Waals surface area (Å²) in [5, 5.41) is 3.84. The molecule has 0 aromatic carbocycles. The molecule has 0 spiro atoms. The van der Waals surface area contributed by atoms with Gasteiger partial charge < -0.3 is 5.32 Å². The Kier molecular flexibility index (Phi) is 6.19. The monoisotopic (exact) mass is 251 g/mol. The van der Waals surface area contributed by atoms with Crippen LogP contribution in [0.2, 0.25) is 0 Å². The maximum Gasteiger partial charge on any atom is 0.133 e. The van der Waals surface area contributed by atoms with Crippen LogP contribution < -0.4 is 5.32 Å². The van der Waals surface area contributed by atoms with Gasteiger partial charge in [0, 0.05) is 24.9 Å². The van der Waals surface area contributed by atoms with Crippen LogP contribution >= 0.6 is 0 Å². The lowest BCUT2D eigenvalue weighted by Gasteiger charge is -2.28. The van der Waals surface area contributed by atoms with E-state index in [4.69, 9.17) is 0 Å². The van der Waals surface area contributed by atoms with E-state index in [0.29, 0.717) is 11.8 Å². The molecule has 0 heterocycles. The molecule has 2 aliphatic carbocycles. The van der Waals surface area contributed by atoms with Crippen LogP contribution in [0.25, 0.3) is 0 Å². The van der Waals surface area contributed by atoms with Gasteiger partial charge in [0.2, 0.25) is 0 Å². The van der Waals surface area contributed by atoms with Crippen LogP contribution in [0.3, 0.4) is 0 Å². The zero-order valence-corrected chi connectivity index (χ0v) is 11.8. The highest BCUT2D eigenvalue weighted by Gasteiger charge is 2.21. The summed E-state index contributed by atoms with van der Waals surface area (Å²) in [5.74, 6) is 0.471. The van der Waals surface area contributed by atoms with Crippen molar-refractivity contribution in [1.82, 2.24) is 5.32 Å². The van der Waals surface area contributed by atoms with Crippen molar-refractivity contribution in [3.05, 3.63) is 0 Å². The first-order valence-corrected chi connectivity index (χ1v) is 8.12. The summed E-state index contributed by atoms with van der Waals surface area (Å²) in [5.41, 5.74) is 0. The van der Waals surface area contributed by atoms with Crippen LogP contribution in [-0.2, 0) is 4.79 Å². The standard InChI is InChI=1S/C16H29NO/c18-16-12-10-15(11-13-16)17-14-8-6-4-2-1-3-5-7-9-14/h14-15,17H,1-13H2. The maximum absolute atomic E-state index is 11.3. The van der Waals surface area contributed by atoms with Gasteiger partial charge in [0.05, 0.1) is 0 Å². The van der Waals surface area contributed by atoms with E-state index in [1.807, 2.05) is 0 Å². The Balaban J connectivity index is 1.72. The number of carbonyl (C=O) groups is 1. The summed E-state index contributed by atoms with van der Waals surface area (Å²) < 4.78 is 0. The molecule has 2 fully saturated rings. The summed E-state index contributed by atoms with van der Waals surface area (Å²) in [7, 11) is 0. The Labute approximate surface area is 112 Å². The third-order valence-electron chi connectivity index (χ3n) is 4.62. The molecule has 0 aliphatic heterocycles. The summed E-state index contributed by atoms with van der Waals surface area (Å²) in [6.07, 6.45) is 16.4. The first-order valence-electron chi connectivity index (χ1n) is 8.12. The number of carbonyl (C=O) groups excluding carboxylic acids is 1. The van der Waals surface area contributed by atoms with E-state index in [9.17, 15) is 4.79 Å². The van der Waals surface area contributed by atoms with Gasteiger partial charge in [0.15, 0.2) is 0 Å². The predicted molar refractivity (Wildman–Crippen MR) is 75.7 cm³/mol. The van der Waals surface area contributed by atoms with E-state index in [2.05, 4.69) is 5.32 Å². The van der Waals surface area contributed by atoms with Crippen molar-refractivity contribution >= 4 is 5.78 Å². The number of nitrogens with one attached hydrogen (secondary N) is 1. The second-order valence-corrected chi connectivity index (χ2v) is 6.23. The molecule has 0 unspecified atom stereocenters. The first kappa shape index (κ1) is 14.0. The summed E-state index contributed by atoms with van der Waals surface area (Å²) >= 11 is 0. The van der Waals surface area contributed by atoms with E-state index in [1.54, 1.807) is 0 Å². The van der Waals surface area contributed by atoms with E-state index in [1.165, 1.54) is 57.8 Å². The maximum atomic E-state index is 11.3. The average molecular weight is 251 g/mol. The molecule has 18 heavy (non-hydrogen) atoms. The van der Waals surface area contributed by atoms with E-state index in [0.717, 1.165) is 31.7 Å². The SMILES string of the molecule is O=C1CCC(NC2CCCCCCCCC2)CC1. The molecule has 1 N–H and O–H groups in total. The topological polar surface area (TPSA) is 29.1 Å². The van der Waals surface area contributed by atoms with Crippen LogP contribution in [0.4, 0.5) is 0 Å². The first-order chi connectivity index (χ1) is 8.84. The molecule has 2 rings (SSSR count). The normalized spacial score (nSPS) is 26.1. The van der Waals surface area contributed by atoms with E-state index >= 15 is 0 Å². The van der Waals surface area contributed by atoms with Gasteiger partial charge in [-0.05, 0) is 25.7 Å². The van der Waals surface area contributed by atoms with Crippen molar-refractivity contribution in [2.45, 2.75) is 95.6 Å². The number of ketones is 1. The van der Waals surface area contributed by atoms with E-state index < -0.39 is 0 Å². The Morgan fingerprint density at radius 2 is 1.11 bits per heavy atom. The Morgan fingerprint density at radius 1 is 0.667 bits per heavy atom. The van der Waals surface area contributed by atoms with Gasteiger partial charge in [-0.15, -0.1) is 0 Å². The summed E-state index contributed by atoms with van der Waals surface area (Å²) in [6.45, 7) is 0. The summed E-state index contributed by atoms with van der Waals surface area (Å²) in [6, 6.07) is 1.34. The zero-order chi connectivity index (χ0) is 12.6. The second kappa shape index (κ2) is 7.93. The highest BCUT2D eigenvalue weighted by atomic mass is 16.1. The lowest BCUT2D eigenvalue weighted by Crippen LogP contribution is -2.40. The number of rotatable bonds is 2. The molecule has 0 saturated heterocycles. The minimum atomic E-state index is 0.471. The third-order valence-corrected chi connectivity index (χ3v) is 4.62. The quantitative estimate of drug-likeness (QED) is 0.804. The molecule has 2 saturated carbocycles. The fourth-order valence-corrected chi connectivity index (χ4v) is 3.42. The Morgan fingerprint density at radius 3 is 1.67 bits per heavy atom. The Bertz CT molecular complexity index is 231.